The van der Waals surface area contributed by atoms with Gasteiger partial charge in [0.2, 0.25) is 0 Å². The molecule has 1 aliphatic rings. The molecule has 1 unspecified atom stereocenters. The largest absolute Gasteiger partial charge is 0.379 e. The van der Waals surface area contributed by atoms with Crippen LogP contribution in [-0.2, 0) is 11.3 Å². The molecule has 0 saturated carbocycles. The lowest BCUT2D eigenvalue weighted by atomic mass is 10.1. The highest BCUT2D eigenvalue weighted by Gasteiger charge is 2.18. The summed E-state index contributed by atoms with van der Waals surface area (Å²) in [5, 5.41) is 3.56. The molecular weight excluding hydrogens is 236 g/mol. The van der Waals surface area contributed by atoms with Crippen LogP contribution < -0.4 is 10.2 Å². The maximum absolute atomic E-state index is 5.73. The van der Waals surface area contributed by atoms with Gasteiger partial charge in [0.25, 0.3) is 0 Å². The van der Waals surface area contributed by atoms with Gasteiger partial charge in [0, 0.05) is 38.0 Å². The molecule has 0 saturated heterocycles. The van der Waals surface area contributed by atoms with Gasteiger partial charge in [-0.3, -0.25) is 0 Å². The smallest absolute Gasteiger partial charge is 0.0641 e. The molecule has 0 fully saturated rings. The van der Waals surface area contributed by atoms with Crippen LogP contribution >= 0.6 is 0 Å². The second kappa shape index (κ2) is 6.92. The Bertz CT molecular complexity index is 392. The maximum atomic E-state index is 5.73. The first-order chi connectivity index (χ1) is 9.16. The highest BCUT2D eigenvalue weighted by atomic mass is 16.5. The minimum atomic E-state index is 0.512. The number of hydrogen-bond acceptors (Lipinski definition) is 3. The monoisotopic (exact) mass is 262 g/mol. The minimum absolute atomic E-state index is 0.512. The number of nitrogens with zero attached hydrogens (tertiary/aromatic N) is 1. The summed E-state index contributed by atoms with van der Waals surface area (Å²) in [4.78, 5) is 2.44. The van der Waals surface area contributed by atoms with Crippen LogP contribution in [0.1, 0.15) is 26.3 Å². The minimum Gasteiger partial charge on any atom is -0.379 e. The van der Waals surface area contributed by atoms with Gasteiger partial charge >= 0.3 is 0 Å². The fraction of sp³-hybridized carbons (Fsp3) is 0.625. The molecule has 2 rings (SSSR count). The van der Waals surface area contributed by atoms with Crippen molar-refractivity contribution < 1.29 is 4.74 Å². The second-order valence-electron chi connectivity index (χ2n) is 5.83. The standard InChI is InChI=1S/C16H26N2O/c1-13(2)12-19-9-8-18-11-14(3)17-10-15-6-4-5-7-16(15)18/h4-7,13-14,17H,8-12H2,1-3H3. The predicted molar refractivity (Wildman–Crippen MR) is 80.6 cm³/mol. The SMILES string of the molecule is CC(C)COCCN1CC(C)NCc2ccccc21. The van der Waals surface area contributed by atoms with E-state index in [0.717, 1.165) is 32.8 Å². The molecular formula is C16H26N2O. The summed E-state index contributed by atoms with van der Waals surface area (Å²) >= 11 is 0. The van der Waals surface area contributed by atoms with E-state index < -0.39 is 0 Å². The molecule has 0 radical (unpaired) electrons. The Hall–Kier alpha value is -1.06. The molecule has 1 heterocycles. The summed E-state index contributed by atoms with van der Waals surface area (Å²) in [7, 11) is 0. The third-order valence-electron chi connectivity index (χ3n) is 3.42. The molecule has 0 amide bonds. The predicted octanol–water partition coefficient (Wildman–Crippen LogP) is 2.66. The average Bonchev–Trinajstić information content (AvgIpc) is 2.55. The highest BCUT2D eigenvalue weighted by Crippen LogP contribution is 2.22. The molecule has 0 aliphatic carbocycles. The number of benzene rings is 1. The van der Waals surface area contributed by atoms with Crippen LogP contribution in [0.4, 0.5) is 5.69 Å². The van der Waals surface area contributed by atoms with Crippen molar-refractivity contribution in [2.75, 3.05) is 31.2 Å². The summed E-state index contributed by atoms with van der Waals surface area (Å²) < 4.78 is 5.73. The first kappa shape index (κ1) is 14.4. The van der Waals surface area contributed by atoms with E-state index in [0.29, 0.717) is 12.0 Å². The normalized spacial score (nSPS) is 19.4. The van der Waals surface area contributed by atoms with Gasteiger partial charge in [-0.05, 0) is 24.5 Å². The molecule has 0 bridgehead atoms. The Balaban J connectivity index is 1.97. The number of fused-ring (bicyclic) bond motifs is 1. The van der Waals surface area contributed by atoms with E-state index >= 15 is 0 Å². The molecule has 1 aromatic rings. The van der Waals surface area contributed by atoms with Crippen LogP contribution in [0.25, 0.3) is 0 Å². The fourth-order valence-corrected chi connectivity index (χ4v) is 2.45. The van der Waals surface area contributed by atoms with Crippen LogP contribution in [0.15, 0.2) is 24.3 Å². The van der Waals surface area contributed by atoms with Crippen LogP contribution in [-0.4, -0.2) is 32.3 Å². The topological polar surface area (TPSA) is 24.5 Å². The molecule has 3 heteroatoms. The van der Waals surface area contributed by atoms with E-state index in [1.165, 1.54) is 11.3 Å². The summed E-state index contributed by atoms with van der Waals surface area (Å²) in [6.45, 7) is 11.2. The Kier molecular flexibility index (Phi) is 5.23. The van der Waals surface area contributed by atoms with Crippen molar-refractivity contribution in [3.05, 3.63) is 29.8 Å². The summed E-state index contributed by atoms with van der Waals surface area (Å²) in [6, 6.07) is 9.18. The van der Waals surface area contributed by atoms with Crippen molar-refractivity contribution in [1.82, 2.24) is 5.32 Å². The Morgan fingerprint density at radius 2 is 2.16 bits per heavy atom. The van der Waals surface area contributed by atoms with E-state index in [9.17, 15) is 0 Å². The second-order valence-corrected chi connectivity index (χ2v) is 5.83. The van der Waals surface area contributed by atoms with E-state index in [2.05, 4.69) is 55.3 Å². The Morgan fingerprint density at radius 1 is 1.37 bits per heavy atom. The van der Waals surface area contributed by atoms with Crippen LogP contribution in [0.2, 0.25) is 0 Å². The van der Waals surface area contributed by atoms with Gasteiger partial charge in [-0.1, -0.05) is 32.0 Å². The molecule has 3 nitrogen and oxygen atoms in total. The van der Waals surface area contributed by atoms with Crippen LogP contribution in [0.5, 0.6) is 0 Å². The van der Waals surface area contributed by atoms with Gasteiger partial charge in [0.05, 0.1) is 6.61 Å². The zero-order valence-corrected chi connectivity index (χ0v) is 12.4. The lowest BCUT2D eigenvalue weighted by Crippen LogP contribution is -2.37. The van der Waals surface area contributed by atoms with Gasteiger partial charge in [0.15, 0.2) is 0 Å². The van der Waals surface area contributed by atoms with Crippen molar-refractivity contribution in [3.8, 4) is 0 Å². The molecule has 1 aromatic carbocycles. The third-order valence-corrected chi connectivity index (χ3v) is 3.42. The molecule has 106 valence electrons. The van der Waals surface area contributed by atoms with E-state index in [1.807, 2.05) is 0 Å². The van der Waals surface area contributed by atoms with Crippen molar-refractivity contribution >= 4 is 5.69 Å². The number of nitrogens with one attached hydrogen (secondary N) is 1. The Morgan fingerprint density at radius 3 is 2.95 bits per heavy atom. The Labute approximate surface area is 116 Å². The lowest BCUT2D eigenvalue weighted by molar-refractivity contribution is 0.115. The summed E-state index contributed by atoms with van der Waals surface area (Å²) in [6.07, 6.45) is 0. The highest BCUT2D eigenvalue weighted by molar-refractivity contribution is 5.54. The van der Waals surface area contributed by atoms with E-state index in [-0.39, 0.29) is 0 Å². The molecule has 1 N–H and O–H groups in total. The fourth-order valence-electron chi connectivity index (χ4n) is 2.45. The number of rotatable bonds is 5. The molecule has 19 heavy (non-hydrogen) atoms. The first-order valence-electron chi connectivity index (χ1n) is 7.31. The van der Waals surface area contributed by atoms with Crippen molar-refractivity contribution in [2.45, 2.75) is 33.4 Å². The number of anilines is 1. The summed E-state index contributed by atoms with van der Waals surface area (Å²) in [5.41, 5.74) is 2.74. The molecule has 1 atom stereocenters. The van der Waals surface area contributed by atoms with Crippen LogP contribution in [0.3, 0.4) is 0 Å². The average molecular weight is 262 g/mol. The van der Waals surface area contributed by atoms with Crippen molar-refractivity contribution in [3.63, 3.8) is 0 Å². The first-order valence-corrected chi connectivity index (χ1v) is 7.31. The zero-order valence-electron chi connectivity index (χ0n) is 12.4. The zero-order chi connectivity index (χ0) is 13.7. The van der Waals surface area contributed by atoms with E-state index in [1.54, 1.807) is 0 Å². The third kappa shape index (κ3) is 4.22. The van der Waals surface area contributed by atoms with Gasteiger partial charge in [-0.15, -0.1) is 0 Å². The lowest BCUT2D eigenvalue weighted by Gasteiger charge is -2.26. The van der Waals surface area contributed by atoms with Crippen molar-refractivity contribution in [2.24, 2.45) is 5.92 Å². The maximum Gasteiger partial charge on any atom is 0.0641 e. The summed E-state index contributed by atoms with van der Waals surface area (Å²) in [5.74, 6) is 0.608. The molecule has 0 aromatic heterocycles. The van der Waals surface area contributed by atoms with Crippen LogP contribution in [0, 0.1) is 5.92 Å². The number of ether oxygens (including phenoxy) is 1. The van der Waals surface area contributed by atoms with Gasteiger partial charge in [-0.2, -0.15) is 0 Å². The van der Waals surface area contributed by atoms with Gasteiger partial charge in [0.1, 0.15) is 0 Å². The van der Waals surface area contributed by atoms with Crippen molar-refractivity contribution in [1.29, 1.82) is 0 Å². The number of para-hydroxylation sites is 1. The van der Waals surface area contributed by atoms with E-state index in [4.69, 9.17) is 4.74 Å². The molecule has 0 spiro atoms. The van der Waals surface area contributed by atoms with Gasteiger partial charge in [-0.25, -0.2) is 0 Å². The molecule has 1 aliphatic heterocycles. The number of hydrogen-bond donors (Lipinski definition) is 1. The quantitative estimate of drug-likeness (QED) is 0.826. The van der Waals surface area contributed by atoms with Gasteiger partial charge < -0.3 is 15.0 Å².